The van der Waals surface area contributed by atoms with E-state index >= 15 is 0 Å². The molecule has 0 N–H and O–H groups in total. The molecular formula is C59H44N4. The molecule has 0 fully saturated rings. The number of para-hydroxylation sites is 1. The molecule has 63 heavy (non-hydrogen) atoms. The summed E-state index contributed by atoms with van der Waals surface area (Å²) in [7, 11) is 0. The number of rotatable bonds is 5. The van der Waals surface area contributed by atoms with Gasteiger partial charge in [-0.25, -0.2) is 0 Å². The van der Waals surface area contributed by atoms with Gasteiger partial charge in [-0.15, -0.1) is 0 Å². The summed E-state index contributed by atoms with van der Waals surface area (Å²) in [6, 6.07) is 40.5. The van der Waals surface area contributed by atoms with Gasteiger partial charge in [-0.1, -0.05) is 122 Å². The summed E-state index contributed by atoms with van der Waals surface area (Å²) in [6.45, 7) is 4.29. The van der Waals surface area contributed by atoms with Gasteiger partial charge in [0.2, 0.25) is 0 Å². The minimum absolute atomic E-state index is 0.194. The third-order valence-corrected chi connectivity index (χ3v) is 14.2. The Morgan fingerprint density at radius 3 is 2.37 bits per heavy atom. The SMILES string of the molecule is C/C=C\c1c(CC)c2cc3c(cc2n1-c1cc(CC#N)c(-n2c4c(c5ccccc52)C=C2C(=CC4)C4C=CC=CC4c4ccccc42)cc1C#N)c1c(c2ccccc23)C=CCC1. The van der Waals surface area contributed by atoms with Crippen LogP contribution in [0, 0.1) is 28.6 Å². The van der Waals surface area contributed by atoms with Gasteiger partial charge in [-0.05, 0) is 135 Å². The van der Waals surface area contributed by atoms with Crippen LogP contribution < -0.4 is 0 Å². The van der Waals surface area contributed by atoms with Gasteiger partial charge >= 0.3 is 0 Å². The first kappa shape index (κ1) is 37.1. The Morgan fingerprint density at radius 1 is 0.746 bits per heavy atom. The third kappa shape index (κ3) is 5.38. The summed E-state index contributed by atoms with van der Waals surface area (Å²) < 4.78 is 4.66. The topological polar surface area (TPSA) is 57.4 Å². The molecule has 6 aromatic carbocycles. The van der Waals surface area contributed by atoms with Crippen molar-refractivity contribution in [3.8, 4) is 23.5 Å². The molecule has 0 bridgehead atoms. The number of fused-ring (bicyclic) bond motifs is 16. The maximum atomic E-state index is 11.3. The van der Waals surface area contributed by atoms with Crippen molar-refractivity contribution in [2.24, 2.45) is 5.92 Å². The summed E-state index contributed by atoms with van der Waals surface area (Å²) in [5.74, 6) is 0.552. The Balaban J connectivity index is 1.12. The zero-order chi connectivity index (χ0) is 42.3. The fourth-order valence-electron chi connectivity index (χ4n) is 11.6. The van der Waals surface area contributed by atoms with E-state index in [1.807, 2.05) is 0 Å². The molecule has 0 spiro atoms. The summed E-state index contributed by atoms with van der Waals surface area (Å²) >= 11 is 0. The van der Waals surface area contributed by atoms with E-state index in [-0.39, 0.29) is 12.3 Å². The van der Waals surface area contributed by atoms with Gasteiger partial charge in [0.05, 0.1) is 40.5 Å². The van der Waals surface area contributed by atoms with E-state index in [9.17, 15) is 10.5 Å². The van der Waals surface area contributed by atoms with Crippen LogP contribution in [0.2, 0.25) is 0 Å². The molecule has 0 aliphatic heterocycles. The minimum atomic E-state index is 0.194. The van der Waals surface area contributed by atoms with Crippen LogP contribution in [0.5, 0.6) is 0 Å². The predicted octanol–water partition coefficient (Wildman–Crippen LogP) is 14.2. The molecule has 2 aromatic heterocycles. The number of aromatic nitrogens is 2. The Kier molecular flexibility index (Phi) is 8.53. The van der Waals surface area contributed by atoms with Crippen molar-refractivity contribution in [1.82, 2.24) is 9.13 Å². The molecule has 2 unspecified atom stereocenters. The minimum Gasteiger partial charge on any atom is -0.312 e. The lowest BCUT2D eigenvalue weighted by Gasteiger charge is -2.35. The van der Waals surface area contributed by atoms with E-state index in [4.69, 9.17) is 0 Å². The van der Waals surface area contributed by atoms with Crippen molar-refractivity contribution < 1.29 is 0 Å². The van der Waals surface area contributed by atoms with Crippen molar-refractivity contribution in [1.29, 1.82) is 10.5 Å². The molecule has 300 valence electrons. The number of nitriles is 2. The van der Waals surface area contributed by atoms with E-state index in [1.165, 1.54) is 71.5 Å². The fourth-order valence-corrected chi connectivity index (χ4v) is 11.6. The van der Waals surface area contributed by atoms with E-state index in [0.717, 1.165) is 64.0 Å². The van der Waals surface area contributed by atoms with Crippen molar-refractivity contribution in [2.45, 2.75) is 51.9 Å². The molecule has 4 aliphatic rings. The fraction of sp³-hybridized carbons (Fsp3) is 0.153. The molecule has 0 amide bonds. The second-order valence-electron chi connectivity index (χ2n) is 17.3. The molecule has 4 heteroatoms. The predicted molar refractivity (Wildman–Crippen MR) is 261 cm³/mol. The monoisotopic (exact) mass is 808 g/mol. The Morgan fingerprint density at radius 2 is 1.54 bits per heavy atom. The van der Waals surface area contributed by atoms with Crippen LogP contribution in [0.1, 0.15) is 82.1 Å². The van der Waals surface area contributed by atoms with Crippen molar-refractivity contribution in [2.75, 3.05) is 0 Å². The molecular weight excluding hydrogens is 765 g/mol. The van der Waals surface area contributed by atoms with Gasteiger partial charge in [-0.2, -0.15) is 10.5 Å². The van der Waals surface area contributed by atoms with Gasteiger partial charge in [0.25, 0.3) is 0 Å². The lowest BCUT2D eigenvalue weighted by Crippen LogP contribution is -2.21. The van der Waals surface area contributed by atoms with Gasteiger partial charge < -0.3 is 9.13 Å². The van der Waals surface area contributed by atoms with Crippen LogP contribution in [-0.4, -0.2) is 9.13 Å². The number of benzene rings is 6. The summed E-state index contributed by atoms with van der Waals surface area (Å²) in [4.78, 5) is 0. The van der Waals surface area contributed by atoms with Crippen molar-refractivity contribution >= 4 is 67.2 Å². The van der Waals surface area contributed by atoms with Crippen LogP contribution in [-0.2, 0) is 25.7 Å². The van der Waals surface area contributed by atoms with E-state index in [1.54, 1.807) is 0 Å². The molecule has 2 atom stereocenters. The Labute approximate surface area is 367 Å². The average Bonchev–Trinajstić information content (AvgIpc) is 3.71. The molecule has 4 aliphatic carbocycles. The zero-order valence-corrected chi connectivity index (χ0v) is 35.5. The number of nitrogens with zero attached hydrogens (tertiary/aromatic N) is 4. The molecule has 0 saturated carbocycles. The molecule has 2 heterocycles. The Hall–Kier alpha value is -7.66. The number of hydrogen-bond donors (Lipinski definition) is 0. The maximum absolute atomic E-state index is 11.3. The van der Waals surface area contributed by atoms with Gasteiger partial charge in [0, 0.05) is 46.0 Å². The maximum Gasteiger partial charge on any atom is 0.101 e. The quantitative estimate of drug-likeness (QED) is 0.163. The largest absolute Gasteiger partial charge is 0.312 e. The lowest BCUT2D eigenvalue weighted by molar-refractivity contribution is 0.661. The number of hydrogen-bond acceptors (Lipinski definition) is 2. The third-order valence-electron chi connectivity index (χ3n) is 14.2. The van der Waals surface area contributed by atoms with Crippen LogP contribution in [0.3, 0.4) is 0 Å². The van der Waals surface area contributed by atoms with Gasteiger partial charge in [0.15, 0.2) is 0 Å². The van der Waals surface area contributed by atoms with Crippen LogP contribution in [0.15, 0.2) is 145 Å². The lowest BCUT2D eigenvalue weighted by atomic mass is 9.68. The highest BCUT2D eigenvalue weighted by atomic mass is 15.0. The van der Waals surface area contributed by atoms with E-state index in [2.05, 4.69) is 193 Å². The first-order chi connectivity index (χ1) is 31.1. The standard InChI is InChI=1S/C59H44N4/c1-3-15-54-38(4-2)52-33-50-45-22-11-8-18-41(45)42-19-9-12-23-46(42)51(50)34-59(52)63(54)58-30-36(28-29-60)57(31-37(58)35-61)62-55-25-14-13-24-48(55)53-32-49-44-21-10-7-17-40(44)39-16-5-6-20-43(39)47(49)26-27-56(53)62/h3,5-11,13-22,24-26,30-34,39,43H,4,12,23,27-28H2,1-2H3/b15-3-. The van der Waals surface area contributed by atoms with Crippen molar-refractivity contribution in [3.63, 3.8) is 0 Å². The second-order valence-corrected chi connectivity index (χ2v) is 17.3. The molecule has 4 nitrogen and oxygen atoms in total. The highest BCUT2D eigenvalue weighted by Gasteiger charge is 2.35. The first-order valence-electron chi connectivity index (χ1n) is 22.4. The molecule has 8 aromatic rings. The first-order valence-corrected chi connectivity index (χ1v) is 22.4. The smallest absolute Gasteiger partial charge is 0.101 e. The summed E-state index contributed by atoms with van der Waals surface area (Å²) in [6.07, 6.45) is 26.6. The van der Waals surface area contributed by atoms with Crippen LogP contribution in [0.4, 0.5) is 0 Å². The Bertz CT molecular complexity index is 3590. The van der Waals surface area contributed by atoms with Crippen LogP contribution in [0.25, 0.3) is 78.5 Å². The van der Waals surface area contributed by atoms with E-state index < -0.39 is 0 Å². The molecule has 0 radical (unpaired) electrons. The average molecular weight is 809 g/mol. The zero-order valence-electron chi connectivity index (χ0n) is 35.5. The summed E-state index contributed by atoms with van der Waals surface area (Å²) in [5.41, 5.74) is 18.0. The highest BCUT2D eigenvalue weighted by molar-refractivity contribution is 6.17. The second kappa shape index (κ2) is 14.5. The normalized spacial score (nSPS) is 17.2. The summed E-state index contributed by atoms with van der Waals surface area (Å²) in [5, 5.41) is 29.3. The number of allylic oxidation sites excluding steroid dienone is 9. The van der Waals surface area contributed by atoms with Gasteiger partial charge in [-0.3, -0.25) is 0 Å². The number of aryl methyl sites for hydroxylation is 2. The van der Waals surface area contributed by atoms with Crippen molar-refractivity contribution in [3.05, 3.63) is 201 Å². The van der Waals surface area contributed by atoms with E-state index in [0.29, 0.717) is 17.9 Å². The molecule has 12 rings (SSSR count). The molecule has 0 saturated heterocycles. The van der Waals surface area contributed by atoms with Crippen LogP contribution >= 0.6 is 0 Å². The van der Waals surface area contributed by atoms with Gasteiger partial charge in [0.1, 0.15) is 6.07 Å². The highest BCUT2D eigenvalue weighted by Crippen LogP contribution is 2.51.